The van der Waals surface area contributed by atoms with E-state index in [-0.39, 0.29) is 32.7 Å². The van der Waals surface area contributed by atoms with E-state index in [9.17, 15) is 14.4 Å². The van der Waals surface area contributed by atoms with Gasteiger partial charge >= 0.3 is 18.2 Å². The molecule has 1 aliphatic heterocycles. The van der Waals surface area contributed by atoms with Crippen molar-refractivity contribution in [2.75, 3.05) is 26.3 Å². The molecule has 0 saturated carbocycles. The van der Waals surface area contributed by atoms with E-state index in [0.29, 0.717) is 0 Å². The van der Waals surface area contributed by atoms with E-state index < -0.39 is 30.1 Å². The Morgan fingerprint density at radius 2 is 1.85 bits per heavy atom. The predicted octanol–water partition coefficient (Wildman–Crippen LogP) is 0.664. The molecule has 0 aromatic rings. The average molecular weight is 288 g/mol. The van der Waals surface area contributed by atoms with Gasteiger partial charge in [-0.2, -0.15) is 0 Å². The lowest BCUT2D eigenvalue weighted by atomic mass is 9.94. The molecular weight excluding hydrogens is 268 g/mol. The van der Waals surface area contributed by atoms with Gasteiger partial charge in [0.15, 0.2) is 0 Å². The van der Waals surface area contributed by atoms with Crippen LogP contribution in [-0.4, -0.2) is 60.5 Å². The lowest BCUT2D eigenvalue weighted by Gasteiger charge is -2.35. The number of ether oxygens (including phenoxy) is 2. The van der Waals surface area contributed by atoms with Crippen LogP contribution in [0, 0.1) is 5.92 Å². The first-order valence-electron chi connectivity index (χ1n) is 6.55. The molecule has 1 heterocycles. The second-order valence-electron chi connectivity index (χ2n) is 4.44. The summed E-state index contributed by atoms with van der Waals surface area (Å²) >= 11 is 0. The molecule has 0 aliphatic carbocycles. The number of hydrogen-bond donors (Lipinski definition) is 2. The van der Waals surface area contributed by atoms with Gasteiger partial charge < -0.3 is 24.8 Å². The van der Waals surface area contributed by atoms with E-state index in [2.05, 4.69) is 5.32 Å². The molecule has 114 valence electrons. The summed E-state index contributed by atoms with van der Waals surface area (Å²) in [6.45, 7) is 4.07. The van der Waals surface area contributed by atoms with E-state index in [1.165, 1.54) is 4.90 Å². The van der Waals surface area contributed by atoms with Crippen LogP contribution in [0.4, 0.5) is 9.59 Å². The Morgan fingerprint density at radius 3 is 2.40 bits per heavy atom. The van der Waals surface area contributed by atoms with Gasteiger partial charge in [-0.25, -0.2) is 9.59 Å². The molecule has 2 N–H and O–H groups in total. The standard InChI is InChI=1S/C12H20N2O6/c1-3-19-11(17)13-9-5-8(10(15)16)6-14(7-9)12(18)20-4-2/h8-9H,3-7H2,1-2H3,(H,13,17)(H,15,16). The quantitative estimate of drug-likeness (QED) is 0.787. The van der Waals surface area contributed by atoms with Crippen molar-refractivity contribution in [3.8, 4) is 0 Å². The van der Waals surface area contributed by atoms with Gasteiger partial charge in [-0.3, -0.25) is 4.79 Å². The molecule has 1 saturated heterocycles. The van der Waals surface area contributed by atoms with Gasteiger partial charge in [0.2, 0.25) is 0 Å². The lowest BCUT2D eigenvalue weighted by Crippen LogP contribution is -2.54. The Bertz CT molecular complexity index is 373. The van der Waals surface area contributed by atoms with Gasteiger partial charge in [0.05, 0.1) is 25.2 Å². The zero-order valence-corrected chi connectivity index (χ0v) is 11.6. The molecule has 2 atom stereocenters. The van der Waals surface area contributed by atoms with Gasteiger partial charge in [0.1, 0.15) is 0 Å². The molecule has 2 amide bonds. The highest BCUT2D eigenvalue weighted by Crippen LogP contribution is 2.18. The molecule has 1 rings (SSSR count). The molecule has 1 fully saturated rings. The summed E-state index contributed by atoms with van der Waals surface area (Å²) in [4.78, 5) is 35.5. The van der Waals surface area contributed by atoms with Crippen LogP contribution in [0.5, 0.6) is 0 Å². The minimum absolute atomic E-state index is 0.0785. The number of carbonyl (C=O) groups is 3. The Hall–Kier alpha value is -1.99. The molecule has 0 aromatic heterocycles. The first-order chi connectivity index (χ1) is 9.47. The largest absolute Gasteiger partial charge is 0.481 e. The van der Waals surface area contributed by atoms with Crippen molar-refractivity contribution in [2.45, 2.75) is 26.3 Å². The van der Waals surface area contributed by atoms with Crippen LogP contribution in [0.25, 0.3) is 0 Å². The number of carboxylic acid groups (broad SMARTS) is 1. The topological polar surface area (TPSA) is 105 Å². The van der Waals surface area contributed by atoms with E-state index in [1.54, 1.807) is 13.8 Å². The van der Waals surface area contributed by atoms with Gasteiger partial charge in [0, 0.05) is 13.1 Å². The van der Waals surface area contributed by atoms with Crippen LogP contribution in [0.3, 0.4) is 0 Å². The van der Waals surface area contributed by atoms with Crippen molar-refractivity contribution in [3.63, 3.8) is 0 Å². The number of amides is 2. The Labute approximate surface area is 117 Å². The first kappa shape index (κ1) is 16.1. The van der Waals surface area contributed by atoms with Crippen molar-refractivity contribution >= 4 is 18.2 Å². The van der Waals surface area contributed by atoms with Crippen molar-refractivity contribution < 1.29 is 29.0 Å². The SMILES string of the molecule is CCOC(=O)NC1CC(C(=O)O)CN(C(=O)OCC)C1. The number of rotatable bonds is 4. The molecule has 8 heteroatoms. The highest BCUT2D eigenvalue weighted by atomic mass is 16.6. The van der Waals surface area contributed by atoms with Crippen molar-refractivity contribution in [1.82, 2.24) is 10.2 Å². The normalized spacial score (nSPS) is 22.0. The summed E-state index contributed by atoms with van der Waals surface area (Å²) in [6.07, 6.45) is -0.939. The van der Waals surface area contributed by atoms with Crippen LogP contribution in [0.15, 0.2) is 0 Å². The number of carboxylic acids is 1. The van der Waals surface area contributed by atoms with E-state index in [0.717, 1.165) is 0 Å². The van der Waals surface area contributed by atoms with Crippen LogP contribution in [0.2, 0.25) is 0 Å². The third-order valence-corrected chi connectivity index (χ3v) is 2.92. The third kappa shape index (κ3) is 4.60. The average Bonchev–Trinajstić information content (AvgIpc) is 2.38. The highest BCUT2D eigenvalue weighted by Gasteiger charge is 2.35. The minimum atomic E-state index is -1.00. The van der Waals surface area contributed by atoms with Gasteiger partial charge in [-0.15, -0.1) is 0 Å². The molecule has 2 unspecified atom stereocenters. The molecule has 0 bridgehead atoms. The lowest BCUT2D eigenvalue weighted by molar-refractivity contribution is -0.143. The molecule has 8 nitrogen and oxygen atoms in total. The maximum Gasteiger partial charge on any atom is 0.409 e. The summed E-state index contributed by atoms with van der Waals surface area (Å²) < 4.78 is 9.61. The number of hydrogen-bond acceptors (Lipinski definition) is 5. The highest BCUT2D eigenvalue weighted by molar-refractivity contribution is 5.74. The monoisotopic (exact) mass is 288 g/mol. The third-order valence-electron chi connectivity index (χ3n) is 2.92. The molecule has 0 aromatic carbocycles. The molecule has 0 spiro atoms. The van der Waals surface area contributed by atoms with E-state index in [4.69, 9.17) is 14.6 Å². The van der Waals surface area contributed by atoms with Gasteiger partial charge in [-0.05, 0) is 20.3 Å². The number of likely N-dealkylation sites (tertiary alicyclic amines) is 1. The van der Waals surface area contributed by atoms with Crippen molar-refractivity contribution in [2.24, 2.45) is 5.92 Å². The maximum atomic E-state index is 11.7. The number of nitrogens with one attached hydrogen (secondary N) is 1. The fraction of sp³-hybridized carbons (Fsp3) is 0.750. The number of nitrogens with zero attached hydrogens (tertiary/aromatic N) is 1. The Morgan fingerprint density at radius 1 is 1.20 bits per heavy atom. The maximum absolute atomic E-state index is 11.7. The zero-order valence-electron chi connectivity index (χ0n) is 11.6. The molecule has 1 aliphatic rings. The number of piperidine rings is 1. The van der Waals surface area contributed by atoms with E-state index in [1.807, 2.05) is 0 Å². The summed E-state index contributed by atoms with van der Waals surface area (Å²) in [5.74, 6) is -1.74. The molecular formula is C12H20N2O6. The van der Waals surface area contributed by atoms with Gasteiger partial charge in [-0.1, -0.05) is 0 Å². The Balaban J connectivity index is 2.67. The summed E-state index contributed by atoms with van der Waals surface area (Å²) in [5.41, 5.74) is 0. The van der Waals surface area contributed by atoms with Gasteiger partial charge in [0.25, 0.3) is 0 Å². The van der Waals surface area contributed by atoms with Crippen molar-refractivity contribution in [1.29, 1.82) is 0 Å². The second kappa shape index (κ2) is 7.56. The summed E-state index contributed by atoms with van der Waals surface area (Å²) in [5, 5.41) is 11.7. The van der Waals surface area contributed by atoms with Crippen molar-refractivity contribution in [3.05, 3.63) is 0 Å². The fourth-order valence-electron chi connectivity index (χ4n) is 2.09. The van der Waals surface area contributed by atoms with Crippen LogP contribution in [-0.2, 0) is 14.3 Å². The fourth-order valence-corrected chi connectivity index (χ4v) is 2.09. The van der Waals surface area contributed by atoms with Crippen LogP contribution < -0.4 is 5.32 Å². The smallest absolute Gasteiger partial charge is 0.409 e. The Kier molecular flexibility index (Phi) is 6.08. The van der Waals surface area contributed by atoms with Crippen LogP contribution in [0.1, 0.15) is 20.3 Å². The predicted molar refractivity (Wildman–Crippen MR) is 68.3 cm³/mol. The zero-order chi connectivity index (χ0) is 15.1. The number of alkyl carbamates (subject to hydrolysis) is 1. The van der Waals surface area contributed by atoms with Crippen LogP contribution >= 0.6 is 0 Å². The number of aliphatic carboxylic acids is 1. The molecule has 20 heavy (non-hydrogen) atoms. The second-order valence-corrected chi connectivity index (χ2v) is 4.44. The first-order valence-corrected chi connectivity index (χ1v) is 6.55. The summed E-state index contributed by atoms with van der Waals surface area (Å²) in [7, 11) is 0. The number of carbonyl (C=O) groups excluding carboxylic acids is 2. The molecule has 0 radical (unpaired) electrons. The van der Waals surface area contributed by atoms with E-state index >= 15 is 0 Å². The minimum Gasteiger partial charge on any atom is -0.481 e. The summed E-state index contributed by atoms with van der Waals surface area (Å²) in [6, 6.07) is -0.465.